The fourth-order valence-electron chi connectivity index (χ4n) is 2.21. The maximum atomic E-state index is 9.56. The Morgan fingerprint density at radius 1 is 1.47 bits per heavy atom. The van der Waals surface area contributed by atoms with Gasteiger partial charge in [-0.25, -0.2) is 0 Å². The summed E-state index contributed by atoms with van der Waals surface area (Å²) in [7, 11) is 0. The van der Waals surface area contributed by atoms with Crippen LogP contribution in [0.3, 0.4) is 0 Å². The van der Waals surface area contributed by atoms with Gasteiger partial charge < -0.3 is 10.8 Å². The molecule has 1 fully saturated rings. The first-order chi connectivity index (χ1) is 7.31. The van der Waals surface area contributed by atoms with Gasteiger partial charge in [-0.2, -0.15) is 5.10 Å². The molecular formula is C11H19N3O. The molecule has 15 heavy (non-hydrogen) atoms. The summed E-state index contributed by atoms with van der Waals surface area (Å²) in [4.78, 5) is 0. The molecule has 0 amide bonds. The highest BCUT2D eigenvalue weighted by atomic mass is 16.3. The van der Waals surface area contributed by atoms with Crippen LogP contribution in [0.15, 0.2) is 12.4 Å². The minimum Gasteiger partial charge on any atom is -0.387 e. The third-order valence-corrected chi connectivity index (χ3v) is 3.18. The highest BCUT2D eigenvalue weighted by Crippen LogP contribution is 2.28. The third-order valence-electron chi connectivity index (χ3n) is 3.18. The maximum absolute atomic E-state index is 9.56. The van der Waals surface area contributed by atoms with Gasteiger partial charge in [-0.05, 0) is 12.8 Å². The lowest BCUT2D eigenvalue weighted by Gasteiger charge is -2.21. The predicted octanol–water partition coefficient (Wildman–Crippen LogP) is 1.38. The fourth-order valence-corrected chi connectivity index (χ4v) is 2.21. The van der Waals surface area contributed by atoms with Gasteiger partial charge in [0, 0.05) is 18.3 Å². The van der Waals surface area contributed by atoms with E-state index in [4.69, 9.17) is 5.73 Å². The molecule has 0 aromatic carbocycles. The van der Waals surface area contributed by atoms with Gasteiger partial charge in [0.15, 0.2) is 0 Å². The van der Waals surface area contributed by atoms with Gasteiger partial charge >= 0.3 is 0 Å². The minimum absolute atomic E-state index is 0.260. The normalized spacial score (nSPS) is 20.4. The van der Waals surface area contributed by atoms with Crippen LogP contribution < -0.4 is 5.73 Å². The molecule has 1 aromatic rings. The molecule has 84 valence electrons. The molecule has 1 heterocycles. The van der Waals surface area contributed by atoms with E-state index in [-0.39, 0.29) is 6.54 Å². The minimum atomic E-state index is -0.567. The van der Waals surface area contributed by atoms with Crippen molar-refractivity contribution in [3.63, 3.8) is 0 Å². The van der Waals surface area contributed by atoms with Gasteiger partial charge in [0.05, 0.1) is 18.3 Å². The largest absolute Gasteiger partial charge is 0.387 e. The Kier molecular flexibility index (Phi) is 3.38. The molecule has 0 radical (unpaired) electrons. The van der Waals surface area contributed by atoms with Crippen molar-refractivity contribution in [2.45, 2.75) is 44.2 Å². The number of nitrogens with zero attached hydrogens (tertiary/aromatic N) is 2. The number of hydrogen-bond acceptors (Lipinski definition) is 3. The van der Waals surface area contributed by atoms with Crippen molar-refractivity contribution < 1.29 is 5.11 Å². The fraction of sp³-hybridized carbons (Fsp3) is 0.727. The van der Waals surface area contributed by atoms with Crippen molar-refractivity contribution in [3.8, 4) is 0 Å². The molecule has 0 bridgehead atoms. The molecule has 1 aliphatic rings. The van der Waals surface area contributed by atoms with E-state index in [0.29, 0.717) is 6.04 Å². The number of aliphatic hydroxyl groups is 1. The van der Waals surface area contributed by atoms with Crippen LogP contribution in [-0.2, 0) is 0 Å². The monoisotopic (exact) mass is 209 g/mol. The molecule has 1 aliphatic carbocycles. The Balaban J connectivity index is 2.05. The number of rotatable bonds is 3. The van der Waals surface area contributed by atoms with E-state index in [9.17, 15) is 5.11 Å². The summed E-state index contributed by atoms with van der Waals surface area (Å²) in [5, 5.41) is 13.9. The first-order valence-electron chi connectivity index (χ1n) is 5.73. The molecule has 3 N–H and O–H groups in total. The SMILES string of the molecule is NCC(O)c1cnn(C2CCCCC2)c1. The second kappa shape index (κ2) is 4.77. The van der Waals surface area contributed by atoms with E-state index in [0.717, 1.165) is 5.56 Å². The van der Waals surface area contributed by atoms with Crippen LogP contribution in [0.4, 0.5) is 0 Å². The lowest BCUT2D eigenvalue weighted by molar-refractivity contribution is 0.186. The second-order valence-corrected chi connectivity index (χ2v) is 4.30. The van der Waals surface area contributed by atoms with E-state index in [1.165, 1.54) is 32.1 Å². The molecule has 0 spiro atoms. The average Bonchev–Trinajstić information content (AvgIpc) is 2.78. The molecule has 1 unspecified atom stereocenters. The summed E-state index contributed by atoms with van der Waals surface area (Å²) >= 11 is 0. The zero-order chi connectivity index (χ0) is 10.7. The Labute approximate surface area is 90.1 Å². The summed E-state index contributed by atoms with van der Waals surface area (Å²) in [6, 6.07) is 0.525. The number of hydrogen-bond donors (Lipinski definition) is 2. The van der Waals surface area contributed by atoms with Crippen LogP contribution in [0.1, 0.15) is 49.8 Å². The van der Waals surface area contributed by atoms with Gasteiger partial charge in [-0.1, -0.05) is 19.3 Å². The van der Waals surface area contributed by atoms with Gasteiger partial charge in [0.1, 0.15) is 0 Å². The van der Waals surface area contributed by atoms with Gasteiger partial charge in [0.2, 0.25) is 0 Å². The van der Waals surface area contributed by atoms with Crippen molar-refractivity contribution >= 4 is 0 Å². The molecule has 1 saturated carbocycles. The Morgan fingerprint density at radius 2 is 2.20 bits per heavy atom. The smallest absolute Gasteiger partial charge is 0.0942 e. The lowest BCUT2D eigenvalue weighted by atomic mass is 9.96. The topological polar surface area (TPSA) is 64.1 Å². The zero-order valence-electron chi connectivity index (χ0n) is 8.97. The van der Waals surface area contributed by atoms with E-state index in [1.807, 2.05) is 10.9 Å². The van der Waals surface area contributed by atoms with Crippen molar-refractivity contribution in [2.75, 3.05) is 6.54 Å². The molecule has 0 saturated heterocycles. The Hall–Kier alpha value is -0.870. The summed E-state index contributed by atoms with van der Waals surface area (Å²) < 4.78 is 1.99. The molecule has 1 aromatic heterocycles. The Morgan fingerprint density at radius 3 is 2.87 bits per heavy atom. The van der Waals surface area contributed by atoms with Crippen molar-refractivity contribution in [1.29, 1.82) is 0 Å². The van der Waals surface area contributed by atoms with Crippen LogP contribution in [0.2, 0.25) is 0 Å². The van der Waals surface area contributed by atoms with E-state index < -0.39 is 6.10 Å². The summed E-state index contributed by atoms with van der Waals surface area (Å²) in [6.45, 7) is 0.260. The lowest BCUT2D eigenvalue weighted by Crippen LogP contribution is -2.13. The van der Waals surface area contributed by atoms with Gasteiger partial charge in [0.25, 0.3) is 0 Å². The standard InChI is InChI=1S/C11H19N3O/c12-6-11(15)9-7-13-14(8-9)10-4-2-1-3-5-10/h7-8,10-11,15H,1-6,12H2. The van der Waals surface area contributed by atoms with Crippen LogP contribution in [0, 0.1) is 0 Å². The quantitative estimate of drug-likeness (QED) is 0.790. The number of nitrogens with two attached hydrogens (primary N) is 1. The number of aliphatic hydroxyl groups excluding tert-OH is 1. The highest BCUT2D eigenvalue weighted by molar-refractivity contribution is 5.08. The number of aromatic nitrogens is 2. The van der Waals surface area contributed by atoms with E-state index >= 15 is 0 Å². The molecule has 2 rings (SSSR count). The van der Waals surface area contributed by atoms with E-state index in [1.54, 1.807) is 6.20 Å². The highest BCUT2D eigenvalue weighted by Gasteiger charge is 2.17. The molecule has 4 nitrogen and oxygen atoms in total. The van der Waals surface area contributed by atoms with Crippen molar-refractivity contribution in [1.82, 2.24) is 9.78 Å². The predicted molar refractivity (Wildman–Crippen MR) is 58.4 cm³/mol. The first kappa shape index (κ1) is 10.6. The van der Waals surface area contributed by atoms with Crippen molar-refractivity contribution in [2.24, 2.45) is 5.73 Å². The maximum Gasteiger partial charge on any atom is 0.0942 e. The molecular weight excluding hydrogens is 190 g/mol. The van der Waals surface area contributed by atoms with Crippen LogP contribution in [-0.4, -0.2) is 21.4 Å². The molecule has 4 heteroatoms. The van der Waals surface area contributed by atoms with Gasteiger partial charge in [-0.15, -0.1) is 0 Å². The van der Waals surface area contributed by atoms with Gasteiger partial charge in [-0.3, -0.25) is 4.68 Å². The van der Waals surface area contributed by atoms with Crippen LogP contribution in [0.5, 0.6) is 0 Å². The summed E-state index contributed by atoms with van der Waals surface area (Å²) in [5.41, 5.74) is 6.24. The van der Waals surface area contributed by atoms with E-state index in [2.05, 4.69) is 5.10 Å². The molecule has 1 atom stereocenters. The van der Waals surface area contributed by atoms with Crippen LogP contribution in [0.25, 0.3) is 0 Å². The second-order valence-electron chi connectivity index (χ2n) is 4.30. The first-order valence-corrected chi connectivity index (χ1v) is 5.73. The molecule has 0 aliphatic heterocycles. The van der Waals surface area contributed by atoms with Crippen molar-refractivity contribution in [3.05, 3.63) is 18.0 Å². The Bertz CT molecular complexity index is 305. The zero-order valence-corrected chi connectivity index (χ0v) is 8.97. The summed E-state index contributed by atoms with van der Waals surface area (Å²) in [6.07, 6.45) is 9.44. The average molecular weight is 209 g/mol. The summed E-state index contributed by atoms with van der Waals surface area (Å²) in [5.74, 6) is 0. The van der Waals surface area contributed by atoms with Crippen LogP contribution >= 0.6 is 0 Å². The third kappa shape index (κ3) is 2.38.